The minimum atomic E-state index is -3.70. The van der Waals surface area contributed by atoms with Crippen molar-refractivity contribution in [3.8, 4) is 0 Å². The van der Waals surface area contributed by atoms with Crippen molar-refractivity contribution in [3.63, 3.8) is 0 Å². The first-order valence-corrected chi connectivity index (χ1v) is 9.90. The molecule has 0 aliphatic heterocycles. The van der Waals surface area contributed by atoms with Gasteiger partial charge in [0, 0.05) is 11.3 Å². The predicted octanol–water partition coefficient (Wildman–Crippen LogP) is 4.36. The summed E-state index contributed by atoms with van der Waals surface area (Å²) in [5.74, 6) is -0.243. The number of amides is 1. The van der Waals surface area contributed by atoms with Crippen molar-refractivity contribution < 1.29 is 13.2 Å². The van der Waals surface area contributed by atoms with Gasteiger partial charge in [0.1, 0.15) is 0 Å². The number of hydrogen-bond donors (Lipinski definition) is 2. The monoisotopic (exact) mass is 380 g/mol. The highest BCUT2D eigenvalue weighted by atomic mass is 32.2. The van der Waals surface area contributed by atoms with E-state index in [4.69, 9.17) is 0 Å². The second kappa shape index (κ2) is 7.63. The van der Waals surface area contributed by atoms with Crippen LogP contribution in [0.15, 0.2) is 77.7 Å². The molecule has 27 heavy (non-hydrogen) atoms. The summed E-state index contributed by atoms with van der Waals surface area (Å²) in [6.07, 6.45) is 0. The first kappa shape index (κ1) is 18.7. The average molecular weight is 380 g/mol. The van der Waals surface area contributed by atoms with E-state index in [1.165, 1.54) is 12.1 Å². The third-order valence-electron chi connectivity index (χ3n) is 4.09. The topological polar surface area (TPSA) is 75.3 Å². The molecule has 0 saturated carbocycles. The zero-order valence-corrected chi connectivity index (χ0v) is 15.9. The molecular weight excluding hydrogens is 360 g/mol. The summed E-state index contributed by atoms with van der Waals surface area (Å²) in [4.78, 5) is 12.4. The molecule has 0 aromatic heterocycles. The van der Waals surface area contributed by atoms with Crippen LogP contribution in [0.2, 0.25) is 0 Å². The Morgan fingerprint density at radius 2 is 1.56 bits per heavy atom. The van der Waals surface area contributed by atoms with Gasteiger partial charge in [-0.1, -0.05) is 35.9 Å². The molecule has 0 saturated heterocycles. The minimum absolute atomic E-state index is 0.124. The number of aryl methyl sites for hydroxylation is 2. The molecule has 0 spiro atoms. The van der Waals surface area contributed by atoms with Gasteiger partial charge in [-0.25, -0.2) is 8.42 Å². The van der Waals surface area contributed by atoms with Gasteiger partial charge >= 0.3 is 0 Å². The summed E-state index contributed by atoms with van der Waals surface area (Å²) in [5, 5.41) is 2.77. The van der Waals surface area contributed by atoms with Crippen molar-refractivity contribution in [1.29, 1.82) is 0 Å². The van der Waals surface area contributed by atoms with Crippen LogP contribution in [0.3, 0.4) is 0 Å². The van der Waals surface area contributed by atoms with Crippen LogP contribution in [-0.4, -0.2) is 14.3 Å². The Morgan fingerprint density at radius 3 is 2.22 bits per heavy atom. The van der Waals surface area contributed by atoms with E-state index in [9.17, 15) is 13.2 Å². The largest absolute Gasteiger partial charge is 0.322 e. The number of sulfonamides is 1. The molecule has 2 N–H and O–H groups in total. The van der Waals surface area contributed by atoms with Gasteiger partial charge < -0.3 is 5.32 Å². The Bertz CT molecular complexity index is 1070. The minimum Gasteiger partial charge on any atom is -0.322 e. The van der Waals surface area contributed by atoms with Crippen LogP contribution >= 0.6 is 0 Å². The zero-order chi connectivity index (χ0) is 19.4. The van der Waals surface area contributed by atoms with Crippen molar-refractivity contribution in [2.45, 2.75) is 18.7 Å². The van der Waals surface area contributed by atoms with Gasteiger partial charge in [-0.15, -0.1) is 0 Å². The Balaban J connectivity index is 1.75. The van der Waals surface area contributed by atoms with Crippen molar-refractivity contribution in [2.24, 2.45) is 0 Å². The van der Waals surface area contributed by atoms with Gasteiger partial charge in [0.25, 0.3) is 15.9 Å². The van der Waals surface area contributed by atoms with Gasteiger partial charge in [0.05, 0.1) is 10.6 Å². The number of carbonyl (C=O) groups excluding carboxylic acids is 1. The van der Waals surface area contributed by atoms with E-state index >= 15 is 0 Å². The normalized spacial score (nSPS) is 11.0. The number of hydrogen-bond acceptors (Lipinski definition) is 3. The first-order valence-electron chi connectivity index (χ1n) is 8.42. The molecule has 138 valence electrons. The highest BCUT2D eigenvalue weighted by Gasteiger charge is 2.15. The van der Waals surface area contributed by atoms with E-state index < -0.39 is 10.0 Å². The molecule has 3 aromatic rings. The Morgan fingerprint density at radius 1 is 0.852 bits per heavy atom. The summed E-state index contributed by atoms with van der Waals surface area (Å²) in [6, 6.07) is 20.5. The molecule has 1 amide bonds. The van der Waals surface area contributed by atoms with Gasteiger partial charge in [-0.2, -0.15) is 0 Å². The summed E-state index contributed by atoms with van der Waals surface area (Å²) >= 11 is 0. The molecule has 5 nitrogen and oxygen atoms in total. The number of carbonyl (C=O) groups is 1. The maximum atomic E-state index is 12.5. The Labute approximate surface area is 159 Å². The van der Waals surface area contributed by atoms with E-state index in [1.807, 2.05) is 38.1 Å². The quantitative estimate of drug-likeness (QED) is 0.691. The van der Waals surface area contributed by atoms with Crippen LogP contribution in [0.25, 0.3) is 0 Å². The van der Waals surface area contributed by atoms with Gasteiger partial charge in [0.15, 0.2) is 0 Å². The third-order valence-corrected chi connectivity index (χ3v) is 5.47. The van der Waals surface area contributed by atoms with E-state index in [2.05, 4.69) is 10.0 Å². The second-order valence-electron chi connectivity index (χ2n) is 6.27. The highest BCUT2D eigenvalue weighted by Crippen LogP contribution is 2.21. The van der Waals surface area contributed by atoms with Crippen LogP contribution in [0, 0.1) is 13.8 Å². The van der Waals surface area contributed by atoms with Gasteiger partial charge in [-0.05, 0) is 61.9 Å². The lowest BCUT2D eigenvalue weighted by Crippen LogP contribution is -2.14. The zero-order valence-electron chi connectivity index (χ0n) is 15.1. The predicted molar refractivity (Wildman–Crippen MR) is 108 cm³/mol. The number of nitrogens with one attached hydrogen (secondary N) is 2. The highest BCUT2D eigenvalue weighted by molar-refractivity contribution is 7.92. The summed E-state index contributed by atoms with van der Waals surface area (Å²) in [5.41, 5.74) is 3.44. The number of para-hydroxylation sites is 1. The molecule has 0 heterocycles. The average Bonchev–Trinajstić information content (AvgIpc) is 2.64. The third kappa shape index (κ3) is 4.54. The van der Waals surface area contributed by atoms with Crippen LogP contribution < -0.4 is 10.0 Å². The lowest BCUT2D eigenvalue weighted by atomic mass is 10.1. The van der Waals surface area contributed by atoms with Crippen LogP contribution in [0.4, 0.5) is 11.4 Å². The molecule has 0 unspecified atom stereocenters. The van der Waals surface area contributed by atoms with Gasteiger partial charge in [0.2, 0.25) is 0 Å². The molecule has 6 heteroatoms. The van der Waals surface area contributed by atoms with E-state index in [0.717, 1.165) is 11.1 Å². The van der Waals surface area contributed by atoms with Crippen LogP contribution in [0.5, 0.6) is 0 Å². The second-order valence-corrected chi connectivity index (χ2v) is 7.95. The van der Waals surface area contributed by atoms with E-state index in [1.54, 1.807) is 36.4 Å². The number of rotatable bonds is 5. The molecule has 0 bridgehead atoms. The van der Waals surface area contributed by atoms with Crippen molar-refractivity contribution in [3.05, 3.63) is 89.5 Å². The maximum Gasteiger partial charge on any atom is 0.261 e. The fourth-order valence-corrected chi connectivity index (χ4v) is 3.73. The van der Waals surface area contributed by atoms with Crippen molar-refractivity contribution in [1.82, 2.24) is 0 Å². The molecule has 0 aliphatic rings. The standard InChI is InChI=1S/C21H20N2O3S/c1-15-6-5-8-17(14-15)21(24)22-18-10-12-19(13-11-18)27(25,26)23-20-9-4-3-7-16(20)2/h3-14,23H,1-2H3,(H,22,24). The van der Waals surface area contributed by atoms with Crippen molar-refractivity contribution in [2.75, 3.05) is 10.0 Å². The fourth-order valence-electron chi connectivity index (χ4n) is 2.60. The summed E-state index contributed by atoms with van der Waals surface area (Å²) in [7, 11) is -3.70. The lowest BCUT2D eigenvalue weighted by Gasteiger charge is -2.11. The SMILES string of the molecule is Cc1cccc(C(=O)Nc2ccc(S(=O)(=O)Nc3ccccc3C)cc2)c1. The van der Waals surface area contributed by atoms with E-state index in [-0.39, 0.29) is 10.8 Å². The molecule has 0 radical (unpaired) electrons. The molecule has 0 atom stereocenters. The number of benzene rings is 3. The van der Waals surface area contributed by atoms with Crippen LogP contribution in [-0.2, 0) is 10.0 Å². The molecule has 3 rings (SSSR count). The Hall–Kier alpha value is -3.12. The maximum absolute atomic E-state index is 12.5. The van der Waals surface area contributed by atoms with Gasteiger partial charge in [-0.3, -0.25) is 9.52 Å². The molecule has 0 fully saturated rings. The Kier molecular flexibility index (Phi) is 5.28. The first-order chi connectivity index (χ1) is 12.8. The molecule has 3 aromatic carbocycles. The smallest absolute Gasteiger partial charge is 0.261 e. The van der Waals surface area contributed by atoms with Crippen molar-refractivity contribution >= 4 is 27.3 Å². The van der Waals surface area contributed by atoms with Crippen LogP contribution in [0.1, 0.15) is 21.5 Å². The summed E-state index contributed by atoms with van der Waals surface area (Å²) in [6.45, 7) is 3.75. The lowest BCUT2D eigenvalue weighted by molar-refractivity contribution is 0.102. The number of anilines is 2. The molecule has 0 aliphatic carbocycles. The summed E-state index contributed by atoms with van der Waals surface area (Å²) < 4.78 is 27.7. The van der Waals surface area contributed by atoms with E-state index in [0.29, 0.717) is 16.9 Å². The molecular formula is C21H20N2O3S. The fraction of sp³-hybridized carbons (Fsp3) is 0.0952.